The number of amides is 1. The fraction of sp³-hybridized carbons (Fsp3) is 0.500. The van der Waals surface area contributed by atoms with Gasteiger partial charge in [0.15, 0.2) is 5.82 Å². The summed E-state index contributed by atoms with van der Waals surface area (Å²) < 4.78 is 32.7. The smallest absolute Gasteiger partial charge is 0.256 e. The summed E-state index contributed by atoms with van der Waals surface area (Å²) in [5.41, 5.74) is 0.0353. The van der Waals surface area contributed by atoms with Crippen LogP contribution < -0.4 is 5.32 Å². The number of hydrogen-bond acceptors (Lipinski definition) is 5. The highest BCUT2D eigenvalue weighted by atomic mass is 32.2. The predicted octanol–water partition coefficient (Wildman–Crippen LogP) is 3.79. The van der Waals surface area contributed by atoms with E-state index in [4.69, 9.17) is 4.52 Å². The molecule has 0 unspecified atom stereocenters. The molecule has 1 N–H and O–H groups in total. The zero-order valence-electron chi connectivity index (χ0n) is 16.6. The maximum absolute atomic E-state index is 13.0. The van der Waals surface area contributed by atoms with Crippen LogP contribution in [0.15, 0.2) is 39.8 Å². The molecule has 0 atom stereocenters. The Morgan fingerprint density at radius 3 is 2.39 bits per heavy atom. The van der Waals surface area contributed by atoms with Crippen LogP contribution in [-0.2, 0) is 15.4 Å². The van der Waals surface area contributed by atoms with Crippen LogP contribution in [0.25, 0.3) is 0 Å². The van der Waals surface area contributed by atoms with Crippen LogP contribution in [0.2, 0.25) is 0 Å². The van der Waals surface area contributed by atoms with Crippen molar-refractivity contribution >= 4 is 21.7 Å². The summed E-state index contributed by atoms with van der Waals surface area (Å²) in [6, 6.07) is 7.80. The number of rotatable bonds is 4. The average molecular weight is 406 g/mol. The molecule has 1 aliphatic heterocycles. The lowest BCUT2D eigenvalue weighted by atomic mass is 9.93. The number of hydrogen-bond donors (Lipinski definition) is 1. The molecule has 1 aromatic carbocycles. The molecular formula is C20H27N3O4S. The van der Waals surface area contributed by atoms with E-state index in [9.17, 15) is 13.2 Å². The van der Waals surface area contributed by atoms with Gasteiger partial charge in [-0.1, -0.05) is 44.8 Å². The van der Waals surface area contributed by atoms with Gasteiger partial charge in [0.25, 0.3) is 5.91 Å². The van der Waals surface area contributed by atoms with Gasteiger partial charge >= 0.3 is 0 Å². The molecule has 0 bridgehead atoms. The highest BCUT2D eigenvalue weighted by Gasteiger charge is 2.26. The number of benzene rings is 1. The van der Waals surface area contributed by atoms with E-state index in [1.165, 1.54) is 16.4 Å². The Labute approximate surface area is 166 Å². The summed E-state index contributed by atoms with van der Waals surface area (Å²) in [6.45, 7) is 6.99. The second kappa shape index (κ2) is 8.05. The number of anilines is 1. The molecule has 1 aliphatic rings. The van der Waals surface area contributed by atoms with Crippen LogP contribution in [0.5, 0.6) is 0 Å². The summed E-state index contributed by atoms with van der Waals surface area (Å²) in [7, 11) is -3.61. The van der Waals surface area contributed by atoms with E-state index in [0.717, 1.165) is 25.7 Å². The molecular weight excluding hydrogens is 378 g/mol. The Morgan fingerprint density at radius 2 is 1.79 bits per heavy atom. The van der Waals surface area contributed by atoms with Crippen molar-refractivity contribution < 1.29 is 17.7 Å². The molecule has 28 heavy (non-hydrogen) atoms. The zero-order valence-corrected chi connectivity index (χ0v) is 17.4. The van der Waals surface area contributed by atoms with Gasteiger partial charge in [-0.2, -0.15) is 4.31 Å². The maximum atomic E-state index is 13.0. The topological polar surface area (TPSA) is 92.5 Å². The van der Waals surface area contributed by atoms with E-state index in [1.54, 1.807) is 18.2 Å². The minimum absolute atomic E-state index is 0.137. The highest BCUT2D eigenvalue weighted by Crippen LogP contribution is 2.25. The molecule has 0 saturated carbocycles. The summed E-state index contributed by atoms with van der Waals surface area (Å²) in [5, 5.41) is 6.54. The number of sulfonamides is 1. The normalized spacial score (nSPS) is 16.5. The van der Waals surface area contributed by atoms with Crippen molar-refractivity contribution in [1.82, 2.24) is 9.46 Å². The third kappa shape index (κ3) is 4.62. The number of nitrogens with zero attached hydrogens (tertiary/aromatic N) is 2. The number of carbonyl (C=O) groups excluding carboxylic acids is 1. The van der Waals surface area contributed by atoms with Gasteiger partial charge < -0.3 is 9.84 Å². The lowest BCUT2D eigenvalue weighted by molar-refractivity contribution is 0.102. The minimum Gasteiger partial charge on any atom is -0.359 e. The monoisotopic (exact) mass is 405 g/mol. The molecule has 0 radical (unpaired) electrons. The first-order valence-electron chi connectivity index (χ1n) is 9.57. The molecule has 1 fully saturated rings. The third-order valence-corrected chi connectivity index (χ3v) is 6.68. The fourth-order valence-electron chi connectivity index (χ4n) is 3.10. The molecule has 1 saturated heterocycles. The van der Waals surface area contributed by atoms with Gasteiger partial charge in [-0.25, -0.2) is 8.42 Å². The first-order chi connectivity index (χ1) is 13.2. The van der Waals surface area contributed by atoms with Crippen LogP contribution in [0.3, 0.4) is 0 Å². The van der Waals surface area contributed by atoms with Crippen molar-refractivity contribution in [3.8, 4) is 0 Å². The number of carbonyl (C=O) groups is 1. The molecule has 2 aromatic rings. The molecule has 3 rings (SSSR count). The van der Waals surface area contributed by atoms with Gasteiger partial charge in [0.1, 0.15) is 5.76 Å². The van der Waals surface area contributed by atoms with E-state index in [-0.39, 0.29) is 15.9 Å². The van der Waals surface area contributed by atoms with Gasteiger partial charge in [0, 0.05) is 30.1 Å². The summed E-state index contributed by atoms with van der Waals surface area (Å²) >= 11 is 0. The molecule has 0 spiro atoms. The largest absolute Gasteiger partial charge is 0.359 e. The first kappa shape index (κ1) is 20.5. The molecule has 1 aromatic heterocycles. The predicted molar refractivity (Wildman–Crippen MR) is 107 cm³/mol. The number of aromatic nitrogens is 1. The average Bonchev–Trinajstić information content (AvgIpc) is 2.94. The molecule has 7 nitrogen and oxygen atoms in total. The van der Waals surface area contributed by atoms with Crippen molar-refractivity contribution in [2.45, 2.75) is 56.8 Å². The van der Waals surface area contributed by atoms with Gasteiger partial charge in [-0.15, -0.1) is 0 Å². The standard InChI is InChI=1S/C20H27N3O4S/c1-20(2,3)17-14-18(22-27-17)21-19(24)15-9-8-10-16(13-15)28(25,26)23-11-6-4-5-7-12-23/h8-10,13-14H,4-7,11-12H2,1-3H3,(H,21,22,24). The lowest BCUT2D eigenvalue weighted by Gasteiger charge is -2.20. The van der Waals surface area contributed by atoms with Gasteiger partial charge in [0.05, 0.1) is 4.90 Å². The SMILES string of the molecule is CC(C)(C)c1cc(NC(=O)c2cccc(S(=O)(=O)N3CCCCCC3)c2)no1. The van der Waals surface area contributed by atoms with Crippen LogP contribution in [-0.4, -0.2) is 36.9 Å². The zero-order chi connectivity index (χ0) is 20.4. The van der Waals surface area contributed by atoms with E-state index in [1.807, 2.05) is 20.8 Å². The van der Waals surface area contributed by atoms with Crippen LogP contribution in [0.4, 0.5) is 5.82 Å². The molecule has 152 valence electrons. The quantitative estimate of drug-likeness (QED) is 0.835. The van der Waals surface area contributed by atoms with E-state index in [2.05, 4.69) is 10.5 Å². The molecule has 8 heteroatoms. The van der Waals surface area contributed by atoms with Gasteiger partial charge in [-0.05, 0) is 31.0 Å². The summed E-state index contributed by atoms with van der Waals surface area (Å²) in [5.74, 6) is 0.526. The Kier molecular flexibility index (Phi) is 5.90. The lowest BCUT2D eigenvalue weighted by Crippen LogP contribution is -2.32. The Balaban J connectivity index is 1.78. The first-order valence-corrected chi connectivity index (χ1v) is 11.0. The molecule has 2 heterocycles. The van der Waals surface area contributed by atoms with E-state index < -0.39 is 15.9 Å². The Morgan fingerprint density at radius 1 is 1.11 bits per heavy atom. The number of nitrogens with one attached hydrogen (secondary N) is 1. The Bertz CT molecular complexity index is 936. The highest BCUT2D eigenvalue weighted by molar-refractivity contribution is 7.89. The Hall–Kier alpha value is -2.19. The van der Waals surface area contributed by atoms with Crippen molar-refractivity contribution in [3.05, 3.63) is 41.7 Å². The molecule has 1 amide bonds. The summed E-state index contributed by atoms with van der Waals surface area (Å²) in [4.78, 5) is 12.7. The van der Waals surface area contributed by atoms with Crippen molar-refractivity contribution in [2.75, 3.05) is 18.4 Å². The maximum Gasteiger partial charge on any atom is 0.256 e. The van der Waals surface area contributed by atoms with Crippen LogP contribution in [0.1, 0.15) is 62.6 Å². The van der Waals surface area contributed by atoms with Crippen LogP contribution in [0, 0.1) is 0 Å². The van der Waals surface area contributed by atoms with Crippen molar-refractivity contribution in [1.29, 1.82) is 0 Å². The second-order valence-corrected chi connectivity index (χ2v) is 10.1. The van der Waals surface area contributed by atoms with E-state index >= 15 is 0 Å². The van der Waals surface area contributed by atoms with Gasteiger partial charge in [0.2, 0.25) is 10.0 Å². The van der Waals surface area contributed by atoms with Crippen LogP contribution >= 0.6 is 0 Å². The fourth-order valence-corrected chi connectivity index (χ4v) is 4.67. The second-order valence-electron chi connectivity index (χ2n) is 8.13. The molecule has 0 aliphatic carbocycles. The summed E-state index contributed by atoms with van der Waals surface area (Å²) in [6.07, 6.45) is 3.81. The van der Waals surface area contributed by atoms with Crippen molar-refractivity contribution in [3.63, 3.8) is 0 Å². The van der Waals surface area contributed by atoms with Gasteiger partial charge in [-0.3, -0.25) is 4.79 Å². The van der Waals surface area contributed by atoms with Crippen molar-refractivity contribution in [2.24, 2.45) is 0 Å². The third-order valence-electron chi connectivity index (χ3n) is 4.79. The van der Waals surface area contributed by atoms with E-state index in [0.29, 0.717) is 24.7 Å². The minimum atomic E-state index is -3.61.